The Labute approximate surface area is 817 Å². The predicted molar refractivity (Wildman–Crippen MR) is 526 cm³/mol. The highest BCUT2D eigenvalue weighted by molar-refractivity contribution is 5.96. The number of amides is 3. The van der Waals surface area contributed by atoms with Gasteiger partial charge in [-0.3, -0.25) is 14.6 Å². The van der Waals surface area contributed by atoms with Gasteiger partial charge in [0.1, 0.15) is 17.1 Å². The van der Waals surface area contributed by atoms with Crippen LogP contribution < -0.4 is 33.7 Å². The first-order valence-electron chi connectivity index (χ1n) is 47.5. The minimum atomic E-state index is -4.49. The average molecular weight is 1930 g/mol. The number of nitrogens with zero attached hydrogens (tertiary/aromatic N) is 16. The molecule has 8 aromatic carbocycles. The number of ether oxygens (including phenoxy) is 7. The van der Waals surface area contributed by atoms with E-state index in [0.717, 1.165) is 157 Å². The molecule has 32 nitrogen and oxygen atoms in total. The van der Waals surface area contributed by atoms with Crippen LogP contribution in [-0.4, -0.2) is 237 Å². The Balaban J connectivity index is 0.000000142. The summed E-state index contributed by atoms with van der Waals surface area (Å²) in [7, 11) is 5.79. The third-order valence-corrected chi connectivity index (χ3v) is 23.9. The van der Waals surface area contributed by atoms with Gasteiger partial charge >= 0.3 is 12.3 Å². The molecule has 141 heavy (non-hydrogen) atoms. The lowest BCUT2D eigenvalue weighted by molar-refractivity contribution is -0.137. The number of piperidine rings is 2. The van der Waals surface area contributed by atoms with Crippen LogP contribution >= 0.6 is 0 Å². The van der Waals surface area contributed by atoms with Crippen LogP contribution in [0, 0.1) is 27.7 Å². The van der Waals surface area contributed by atoms with Crippen LogP contribution in [0.25, 0.3) is 103 Å². The lowest BCUT2D eigenvalue weighted by atomic mass is 9.96. The van der Waals surface area contributed by atoms with E-state index in [1.165, 1.54) is 6.07 Å². The van der Waals surface area contributed by atoms with E-state index < -0.39 is 17.3 Å². The average Bonchev–Trinajstić information content (AvgIpc) is 1.69. The van der Waals surface area contributed by atoms with Crippen molar-refractivity contribution in [1.82, 2.24) is 85.6 Å². The second-order valence-corrected chi connectivity index (χ2v) is 35.2. The number of aromatic nitrogens is 11. The molecule has 0 saturated carbocycles. The smallest absolute Gasteiger partial charge is 0.417 e. The number of carbonyl (C=O) groups is 3. The van der Waals surface area contributed by atoms with Crippen molar-refractivity contribution in [1.29, 1.82) is 0 Å². The first-order chi connectivity index (χ1) is 68.0. The van der Waals surface area contributed by atoms with Gasteiger partial charge < -0.3 is 85.5 Å². The fourth-order valence-electron chi connectivity index (χ4n) is 16.3. The molecule has 4 saturated heterocycles. The predicted octanol–water partition coefficient (Wildman–Crippen LogP) is 20.4. The Morgan fingerprint density at radius 3 is 1.26 bits per heavy atom. The Morgan fingerprint density at radius 1 is 0.397 bits per heavy atom. The molecule has 0 spiro atoms. The van der Waals surface area contributed by atoms with Gasteiger partial charge in [0.25, 0.3) is 35.4 Å². The van der Waals surface area contributed by atoms with Crippen molar-refractivity contribution in [3.05, 3.63) is 233 Å². The molecule has 4 aliphatic heterocycles. The summed E-state index contributed by atoms with van der Waals surface area (Å²) in [5.74, 6) is 9.50. The van der Waals surface area contributed by atoms with E-state index in [4.69, 9.17) is 55.7 Å². The number of halogens is 3. The van der Waals surface area contributed by atoms with Gasteiger partial charge in [-0.25, -0.2) is 4.79 Å². The van der Waals surface area contributed by atoms with E-state index in [-0.39, 0.29) is 40.8 Å². The van der Waals surface area contributed by atoms with Gasteiger partial charge in [0, 0.05) is 132 Å². The Hall–Kier alpha value is -14.7. The summed E-state index contributed by atoms with van der Waals surface area (Å²) in [6, 6.07) is 50.2. The van der Waals surface area contributed by atoms with Crippen LogP contribution in [-0.2, 0) is 10.9 Å². The third-order valence-electron chi connectivity index (χ3n) is 23.9. The third kappa shape index (κ3) is 26.7. The van der Waals surface area contributed by atoms with Gasteiger partial charge in [0.15, 0.2) is 34.6 Å². The van der Waals surface area contributed by atoms with Crippen molar-refractivity contribution in [2.24, 2.45) is 0 Å². The van der Waals surface area contributed by atoms with E-state index in [2.05, 4.69) is 85.0 Å². The van der Waals surface area contributed by atoms with Crippen LogP contribution in [0.5, 0.6) is 34.5 Å². The van der Waals surface area contributed by atoms with Gasteiger partial charge in [0.05, 0.1) is 45.7 Å². The molecule has 14 aromatic rings. The highest BCUT2D eigenvalue weighted by Crippen LogP contribution is 2.42. The van der Waals surface area contributed by atoms with Crippen molar-refractivity contribution < 1.29 is 83.2 Å². The summed E-state index contributed by atoms with van der Waals surface area (Å²) in [4.78, 5) is 70.2. The zero-order valence-corrected chi connectivity index (χ0v) is 82.2. The monoisotopic (exact) mass is 1930 g/mol. The highest BCUT2D eigenvalue weighted by Gasteiger charge is 2.36. The number of nitrogens with one attached hydrogen (secondary N) is 1. The Bertz CT molecular complexity index is 6490. The summed E-state index contributed by atoms with van der Waals surface area (Å²) in [5, 5.41) is 28.0. The van der Waals surface area contributed by atoms with Crippen LogP contribution in [0.1, 0.15) is 153 Å². The normalized spacial score (nSPS) is 14.3. The zero-order chi connectivity index (χ0) is 99.9. The molecular weight excluding hydrogens is 1810 g/mol. The number of piperazine rings is 2. The van der Waals surface area contributed by atoms with E-state index in [1.54, 1.807) is 83.9 Å². The Morgan fingerprint density at radius 2 is 0.794 bits per heavy atom. The van der Waals surface area contributed by atoms with Crippen molar-refractivity contribution in [2.45, 2.75) is 132 Å². The summed E-state index contributed by atoms with van der Waals surface area (Å²) in [6.07, 6.45) is 2.55. The standard InChI is InChI=1S/C28H34N4O6.C24H28N4O4.C21H20F3N3O.C17H23N3O2.C16H15N3O2/c1-7-36-22-11-9-19(17-23(22)35-6)25-29-24(30-38-25)21-10-8-20(16-18(21)2)26(33)31-12-14-32(15-13-31)27(34)37-28(3,4)5;1-4-30-20-9-7-17(15-21(20)31-5-2)23-26-22(27-32-23)19-8-6-18(14-16(19)3)24(29)28-12-10-25-11-13-28;1-27-11-9-15(10-12-27)19-25-20(28-26-19)16-7-8-17(14-5-3-2-4-6-14)18(13-16)21(22,23)24;1-4-21-15-11-14(6-5-12(15)2)17-18-16(19-22-17)13-7-9-20(3)10-8-13;1-3-20-14-10-13(5-4-11(14)2)16-19-18-15(21-16)12-6-8-17-9-7-12/h8-11,16-17H,7,12-15H2,1-6H3;6-9,14-15,25H,4-5,10-13H2,1-3H3;2-8,13,15H,9-12H2,1H3;5-6,11,13H,4,7-10H2,1-3H3;4-10H,3H2,1-2H3. The van der Waals surface area contributed by atoms with E-state index >= 15 is 0 Å². The number of alkyl halides is 3. The summed E-state index contributed by atoms with van der Waals surface area (Å²) in [5.41, 5.74) is 10.5. The number of pyridine rings is 1. The van der Waals surface area contributed by atoms with Crippen LogP contribution in [0.15, 0.2) is 205 Å². The van der Waals surface area contributed by atoms with Gasteiger partial charge in [-0.15, -0.1) is 10.2 Å². The number of methoxy groups -OCH3 is 1. The van der Waals surface area contributed by atoms with Crippen molar-refractivity contribution >= 4 is 17.9 Å². The quantitative estimate of drug-likeness (QED) is 0.0587. The lowest BCUT2D eigenvalue weighted by Gasteiger charge is -2.35. The fraction of sp³-hybridized carbons (Fsp3) is 0.377. The molecule has 6 aromatic heterocycles. The zero-order valence-electron chi connectivity index (χ0n) is 82.2. The molecule has 1 N–H and O–H groups in total. The molecule has 0 atom stereocenters. The number of hydrogen-bond donors (Lipinski definition) is 1. The largest absolute Gasteiger partial charge is 0.494 e. The van der Waals surface area contributed by atoms with Crippen LogP contribution in [0.4, 0.5) is 18.0 Å². The molecule has 740 valence electrons. The van der Waals surface area contributed by atoms with Crippen molar-refractivity contribution in [2.75, 3.05) is 133 Å². The van der Waals surface area contributed by atoms with Crippen LogP contribution in [0.2, 0.25) is 0 Å². The van der Waals surface area contributed by atoms with Gasteiger partial charge in [-0.05, 0) is 292 Å². The maximum atomic E-state index is 13.7. The van der Waals surface area contributed by atoms with Crippen molar-refractivity contribution in [3.63, 3.8) is 0 Å². The van der Waals surface area contributed by atoms with E-state index in [1.807, 2.05) is 191 Å². The number of benzene rings is 8. The topological polar surface area (TPSA) is 352 Å². The molecule has 35 heteroatoms. The first kappa shape index (κ1) is 102. The van der Waals surface area contributed by atoms with Crippen LogP contribution in [0.3, 0.4) is 0 Å². The minimum Gasteiger partial charge on any atom is -0.494 e. The molecule has 4 aliphatic rings. The molecule has 0 unspecified atom stereocenters. The van der Waals surface area contributed by atoms with Gasteiger partial charge in [-0.2, -0.15) is 33.1 Å². The first-order valence-corrected chi connectivity index (χ1v) is 47.5. The maximum absolute atomic E-state index is 13.7. The second-order valence-electron chi connectivity index (χ2n) is 35.2. The van der Waals surface area contributed by atoms with Crippen molar-refractivity contribution in [3.8, 4) is 137 Å². The van der Waals surface area contributed by atoms with Gasteiger partial charge in [0.2, 0.25) is 23.4 Å². The Kier molecular flexibility index (Phi) is 34.6. The summed E-state index contributed by atoms with van der Waals surface area (Å²) in [6.45, 7) is 34.9. The number of likely N-dealkylation sites (tertiary alicyclic amines) is 2. The molecule has 0 bridgehead atoms. The number of rotatable bonds is 24. The van der Waals surface area contributed by atoms with E-state index in [9.17, 15) is 27.6 Å². The molecule has 4 fully saturated rings. The van der Waals surface area contributed by atoms with E-state index in [0.29, 0.717) is 157 Å². The molecule has 18 rings (SSSR count). The molecule has 3 amide bonds. The maximum Gasteiger partial charge on any atom is 0.417 e. The summed E-state index contributed by atoms with van der Waals surface area (Å²) < 4.78 is 108. The number of carbonyl (C=O) groups excluding carboxylic acids is 3. The second kappa shape index (κ2) is 47.8. The molecular formula is C106H120F3N17O15. The number of aryl methyl sites for hydroxylation is 4. The fourth-order valence-corrected chi connectivity index (χ4v) is 16.3. The minimum absolute atomic E-state index is 0.0489. The van der Waals surface area contributed by atoms with Gasteiger partial charge in [-0.1, -0.05) is 81.3 Å². The summed E-state index contributed by atoms with van der Waals surface area (Å²) >= 11 is 0. The highest BCUT2D eigenvalue weighted by atomic mass is 19.4. The molecule has 0 aliphatic carbocycles. The lowest BCUT2D eigenvalue weighted by Crippen LogP contribution is -2.51. The molecule has 10 heterocycles. The number of hydrogen-bond acceptors (Lipinski definition) is 29. The SMILES string of the molecule is CCOc1cc(-c2nc(C3CCN(C)CC3)no2)ccc1C.CCOc1cc(-c2nnc(-c3ccncc3)o2)ccc1C.CCOc1ccc(-c2nc(-c3ccc(C(=O)N4CCN(C(=O)OC(C)(C)C)CC4)cc3C)no2)cc1OC.CCOc1ccc(-c2nc(-c3ccc(C(=O)N4CCNCC4)cc3C)no2)cc1OCC.CN1CCC(c2noc(-c3ccc(-c4ccccc4)c(C(F)(F)F)c3)n2)CC1. The molecule has 0 radical (unpaired) electrons.